The van der Waals surface area contributed by atoms with Gasteiger partial charge in [-0.1, -0.05) is 12.5 Å². The van der Waals surface area contributed by atoms with Crippen LogP contribution < -0.4 is 0 Å². The molecule has 1 heteroatoms. The molecule has 2 atom stereocenters. The van der Waals surface area contributed by atoms with Crippen LogP contribution in [0.4, 0.5) is 0 Å². The predicted octanol–water partition coefficient (Wildman–Crippen LogP) is 1.33. The molecule has 0 heterocycles. The second-order valence-corrected chi connectivity index (χ2v) is 2.40. The maximum atomic E-state index is 9.12. The Labute approximate surface area is 50.0 Å². The van der Waals surface area contributed by atoms with Gasteiger partial charge in [0.05, 0.1) is 6.10 Å². The van der Waals surface area contributed by atoms with Crippen LogP contribution in [-0.2, 0) is 0 Å². The van der Waals surface area contributed by atoms with Gasteiger partial charge in [0.1, 0.15) is 0 Å². The molecule has 1 aliphatic carbocycles. The lowest BCUT2D eigenvalue weighted by molar-refractivity contribution is 0.153. The molecule has 1 fully saturated rings. The molecule has 0 aromatic carbocycles. The first-order valence-corrected chi connectivity index (χ1v) is 3.15. The van der Waals surface area contributed by atoms with E-state index in [1.165, 1.54) is 0 Å². The van der Waals surface area contributed by atoms with Crippen molar-refractivity contribution in [1.82, 2.24) is 0 Å². The van der Waals surface area contributed by atoms with Gasteiger partial charge in [-0.15, -0.1) is 6.58 Å². The molecule has 1 N–H and O–H groups in total. The van der Waals surface area contributed by atoms with Gasteiger partial charge in [-0.05, 0) is 12.8 Å². The Bertz CT molecular complexity index is 88.4. The Morgan fingerprint density at radius 1 is 1.50 bits per heavy atom. The number of rotatable bonds is 1. The van der Waals surface area contributed by atoms with Gasteiger partial charge in [0.2, 0.25) is 0 Å². The molecule has 46 valence electrons. The number of aliphatic hydroxyl groups is 1. The Hall–Kier alpha value is -0.300. The first kappa shape index (κ1) is 5.83. The normalized spacial score (nSPS) is 37.6. The SMILES string of the molecule is C=C[C@@H]1CCC[C@@H]1O. The number of aliphatic hydroxyl groups excluding tert-OH is 1. The van der Waals surface area contributed by atoms with Crippen LogP contribution >= 0.6 is 0 Å². The average Bonchev–Trinajstić information content (AvgIpc) is 2.14. The maximum Gasteiger partial charge on any atom is 0.0602 e. The summed E-state index contributed by atoms with van der Waals surface area (Å²) >= 11 is 0. The second kappa shape index (κ2) is 2.31. The van der Waals surface area contributed by atoms with Gasteiger partial charge in [-0.3, -0.25) is 0 Å². The third kappa shape index (κ3) is 0.920. The largest absolute Gasteiger partial charge is 0.393 e. The predicted molar refractivity (Wildman–Crippen MR) is 33.5 cm³/mol. The van der Waals surface area contributed by atoms with E-state index in [9.17, 15) is 0 Å². The highest BCUT2D eigenvalue weighted by atomic mass is 16.3. The second-order valence-electron chi connectivity index (χ2n) is 2.40. The van der Waals surface area contributed by atoms with Gasteiger partial charge in [0, 0.05) is 5.92 Å². The van der Waals surface area contributed by atoms with E-state index in [1.807, 2.05) is 6.08 Å². The Morgan fingerprint density at radius 3 is 2.50 bits per heavy atom. The highest BCUT2D eigenvalue weighted by Crippen LogP contribution is 2.25. The van der Waals surface area contributed by atoms with E-state index < -0.39 is 0 Å². The van der Waals surface area contributed by atoms with Crippen LogP contribution in [0.2, 0.25) is 0 Å². The molecular formula is C7H12O. The van der Waals surface area contributed by atoms with Gasteiger partial charge in [0.25, 0.3) is 0 Å². The van der Waals surface area contributed by atoms with Crippen molar-refractivity contribution in [3.63, 3.8) is 0 Å². The monoisotopic (exact) mass is 112 g/mol. The first-order chi connectivity index (χ1) is 3.84. The van der Waals surface area contributed by atoms with Crippen LogP contribution in [0, 0.1) is 5.92 Å². The summed E-state index contributed by atoms with van der Waals surface area (Å²) in [5.41, 5.74) is 0. The lowest BCUT2D eigenvalue weighted by atomic mass is 10.1. The van der Waals surface area contributed by atoms with Gasteiger partial charge in [0.15, 0.2) is 0 Å². The van der Waals surface area contributed by atoms with Crippen LogP contribution in [0.5, 0.6) is 0 Å². The van der Waals surface area contributed by atoms with E-state index in [0.717, 1.165) is 19.3 Å². The summed E-state index contributed by atoms with van der Waals surface area (Å²) in [5, 5.41) is 9.12. The van der Waals surface area contributed by atoms with E-state index >= 15 is 0 Å². The molecule has 0 aliphatic heterocycles. The zero-order valence-corrected chi connectivity index (χ0v) is 5.01. The zero-order chi connectivity index (χ0) is 5.98. The van der Waals surface area contributed by atoms with Crippen LogP contribution in [0.25, 0.3) is 0 Å². The smallest absolute Gasteiger partial charge is 0.0602 e. The Morgan fingerprint density at radius 2 is 2.25 bits per heavy atom. The number of hydrogen-bond donors (Lipinski definition) is 1. The fraction of sp³-hybridized carbons (Fsp3) is 0.714. The van der Waals surface area contributed by atoms with Crippen molar-refractivity contribution >= 4 is 0 Å². The average molecular weight is 112 g/mol. The summed E-state index contributed by atoms with van der Waals surface area (Å²) in [7, 11) is 0. The third-order valence-electron chi connectivity index (χ3n) is 1.83. The molecule has 0 bridgehead atoms. The Balaban J connectivity index is 2.41. The lowest BCUT2D eigenvalue weighted by Crippen LogP contribution is -2.09. The zero-order valence-electron chi connectivity index (χ0n) is 5.01. The molecular weight excluding hydrogens is 100 g/mol. The van der Waals surface area contributed by atoms with Gasteiger partial charge >= 0.3 is 0 Å². The minimum atomic E-state index is -0.0903. The maximum absolute atomic E-state index is 9.12. The summed E-state index contributed by atoms with van der Waals surface area (Å²) in [6.07, 6.45) is 5.03. The molecule has 0 amide bonds. The third-order valence-corrected chi connectivity index (χ3v) is 1.83. The van der Waals surface area contributed by atoms with E-state index in [0.29, 0.717) is 5.92 Å². The quantitative estimate of drug-likeness (QED) is 0.507. The topological polar surface area (TPSA) is 20.2 Å². The van der Waals surface area contributed by atoms with Crippen molar-refractivity contribution in [2.75, 3.05) is 0 Å². The van der Waals surface area contributed by atoms with Crippen molar-refractivity contribution in [2.45, 2.75) is 25.4 Å². The van der Waals surface area contributed by atoms with Crippen LogP contribution in [0.3, 0.4) is 0 Å². The van der Waals surface area contributed by atoms with E-state index in [2.05, 4.69) is 6.58 Å². The summed E-state index contributed by atoms with van der Waals surface area (Å²) in [6.45, 7) is 3.63. The van der Waals surface area contributed by atoms with Crippen molar-refractivity contribution < 1.29 is 5.11 Å². The van der Waals surface area contributed by atoms with E-state index in [-0.39, 0.29) is 6.10 Å². The summed E-state index contributed by atoms with van der Waals surface area (Å²) in [6, 6.07) is 0. The molecule has 1 aliphatic rings. The molecule has 1 saturated carbocycles. The molecule has 0 aromatic rings. The molecule has 1 nitrogen and oxygen atoms in total. The molecule has 0 radical (unpaired) electrons. The lowest BCUT2D eigenvalue weighted by Gasteiger charge is -2.06. The molecule has 8 heavy (non-hydrogen) atoms. The first-order valence-electron chi connectivity index (χ1n) is 3.15. The summed E-state index contributed by atoms with van der Waals surface area (Å²) in [5.74, 6) is 0.384. The molecule has 0 spiro atoms. The fourth-order valence-electron chi connectivity index (χ4n) is 1.24. The summed E-state index contributed by atoms with van der Waals surface area (Å²) in [4.78, 5) is 0. The van der Waals surface area contributed by atoms with Gasteiger partial charge < -0.3 is 5.11 Å². The van der Waals surface area contributed by atoms with Gasteiger partial charge in [-0.2, -0.15) is 0 Å². The van der Waals surface area contributed by atoms with E-state index in [4.69, 9.17) is 5.11 Å². The Kier molecular flexibility index (Phi) is 1.69. The highest BCUT2D eigenvalue weighted by molar-refractivity contribution is 4.88. The van der Waals surface area contributed by atoms with E-state index in [1.54, 1.807) is 0 Å². The van der Waals surface area contributed by atoms with Crippen molar-refractivity contribution in [3.05, 3.63) is 12.7 Å². The standard InChI is InChI=1S/C7H12O/c1-2-6-4-3-5-7(6)8/h2,6-8H,1,3-5H2/t6-,7+/m1/s1. The summed E-state index contributed by atoms with van der Waals surface area (Å²) < 4.78 is 0. The minimum Gasteiger partial charge on any atom is -0.393 e. The molecule has 1 rings (SSSR count). The van der Waals surface area contributed by atoms with Crippen LogP contribution in [-0.4, -0.2) is 11.2 Å². The van der Waals surface area contributed by atoms with Crippen molar-refractivity contribution in [1.29, 1.82) is 0 Å². The van der Waals surface area contributed by atoms with Crippen LogP contribution in [0.15, 0.2) is 12.7 Å². The van der Waals surface area contributed by atoms with Crippen LogP contribution in [0.1, 0.15) is 19.3 Å². The molecule has 0 unspecified atom stereocenters. The fourth-order valence-corrected chi connectivity index (χ4v) is 1.24. The minimum absolute atomic E-state index is 0.0903. The molecule has 0 aromatic heterocycles. The molecule has 0 saturated heterocycles. The van der Waals surface area contributed by atoms with Crippen molar-refractivity contribution in [2.24, 2.45) is 5.92 Å². The number of hydrogen-bond acceptors (Lipinski definition) is 1. The van der Waals surface area contributed by atoms with Gasteiger partial charge in [-0.25, -0.2) is 0 Å². The van der Waals surface area contributed by atoms with Crippen molar-refractivity contribution in [3.8, 4) is 0 Å². The highest BCUT2D eigenvalue weighted by Gasteiger charge is 2.21.